The molecule has 0 aliphatic heterocycles. The van der Waals surface area contributed by atoms with E-state index >= 15 is 0 Å². The molecule has 4 nitrogen and oxygen atoms in total. The number of fused-ring (bicyclic) bond motifs is 1. The SMILES string of the molecule is Cc1ccc(CNn2c(-c3ccc(F)cc3)nc3ccccc3c2=O)cc1. The van der Waals surface area contributed by atoms with Crippen molar-refractivity contribution in [2.45, 2.75) is 13.5 Å². The third-order valence-corrected chi connectivity index (χ3v) is 4.44. The zero-order valence-corrected chi connectivity index (χ0v) is 14.8. The molecule has 134 valence electrons. The highest BCUT2D eigenvalue weighted by Gasteiger charge is 2.13. The number of aromatic nitrogens is 2. The summed E-state index contributed by atoms with van der Waals surface area (Å²) in [6.45, 7) is 2.50. The maximum Gasteiger partial charge on any atom is 0.280 e. The third-order valence-electron chi connectivity index (χ3n) is 4.44. The van der Waals surface area contributed by atoms with Gasteiger partial charge in [-0.3, -0.25) is 4.79 Å². The molecule has 0 unspecified atom stereocenters. The summed E-state index contributed by atoms with van der Waals surface area (Å²) in [5.41, 5.74) is 6.48. The molecule has 0 aliphatic carbocycles. The molecule has 0 saturated carbocycles. The molecule has 0 aliphatic rings. The zero-order valence-electron chi connectivity index (χ0n) is 14.8. The Labute approximate surface area is 155 Å². The number of halogens is 1. The maximum absolute atomic E-state index is 13.3. The standard InChI is InChI=1S/C22H18FN3O/c1-15-6-8-16(9-7-15)14-24-26-21(17-10-12-18(23)13-11-17)25-20-5-3-2-4-19(20)22(26)27/h2-13,24H,14H2,1H3. The maximum atomic E-state index is 13.3. The first-order valence-corrected chi connectivity index (χ1v) is 8.69. The topological polar surface area (TPSA) is 46.9 Å². The molecule has 0 saturated heterocycles. The number of hydrogen-bond acceptors (Lipinski definition) is 3. The van der Waals surface area contributed by atoms with E-state index < -0.39 is 0 Å². The van der Waals surface area contributed by atoms with Crippen LogP contribution in [0.3, 0.4) is 0 Å². The summed E-state index contributed by atoms with van der Waals surface area (Å²) in [5.74, 6) is 0.117. The van der Waals surface area contributed by atoms with Crippen molar-refractivity contribution >= 4 is 10.9 Å². The molecule has 4 rings (SSSR count). The second-order valence-electron chi connectivity index (χ2n) is 6.42. The van der Waals surface area contributed by atoms with Crippen LogP contribution in [0.1, 0.15) is 11.1 Å². The number of nitrogens with one attached hydrogen (secondary N) is 1. The van der Waals surface area contributed by atoms with E-state index in [2.05, 4.69) is 10.4 Å². The van der Waals surface area contributed by atoms with Gasteiger partial charge < -0.3 is 5.43 Å². The summed E-state index contributed by atoms with van der Waals surface area (Å²) in [7, 11) is 0. The summed E-state index contributed by atoms with van der Waals surface area (Å²) in [6, 6.07) is 21.3. The highest BCUT2D eigenvalue weighted by atomic mass is 19.1. The lowest BCUT2D eigenvalue weighted by atomic mass is 10.1. The van der Waals surface area contributed by atoms with Crippen LogP contribution in [0.15, 0.2) is 77.6 Å². The summed E-state index contributed by atoms with van der Waals surface area (Å²) in [5, 5.41) is 0.528. The molecule has 0 amide bonds. The van der Waals surface area contributed by atoms with E-state index in [0.29, 0.717) is 28.8 Å². The second-order valence-corrected chi connectivity index (χ2v) is 6.42. The van der Waals surface area contributed by atoms with E-state index in [-0.39, 0.29) is 11.4 Å². The van der Waals surface area contributed by atoms with Crippen molar-refractivity contribution in [3.63, 3.8) is 0 Å². The molecule has 1 N–H and O–H groups in total. The average molecular weight is 359 g/mol. The van der Waals surface area contributed by atoms with Crippen molar-refractivity contribution in [3.8, 4) is 11.4 Å². The number of hydrogen-bond donors (Lipinski definition) is 1. The van der Waals surface area contributed by atoms with Gasteiger partial charge in [0, 0.05) is 5.56 Å². The van der Waals surface area contributed by atoms with Gasteiger partial charge in [-0.2, -0.15) is 0 Å². The largest absolute Gasteiger partial charge is 0.317 e. The van der Waals surface area contributed by atoms with Crippen molar-refractivity contribution < 1.29 is 4.39 Å². The van der Waals surface area contributed by atoms with Gasteiger partial charge in [0.05, 0.1) is 17.4 Å². The minimum Gasteiger partial charge on any atom is -0.317 e. The van der Waals surface area contributed by atoms with Gasteiger partial charge in [-0.15, -0.1) is 0 Å². The Hall–Kier alpha value is -3.47. The van der Waals surface area contributed by atoms with Gasteiger partial charge in [0.15, 0.2) is 5.82 Å². The second kappa shape index (κ2) is 7.03. The van der Waals surface area contributed by atoms with Gasteiger partial charge in [0.1, 0.15) is 5.82 Å². The van der Waals surface area contributed by atoms with E-state index in [4.69, 9.17) is 0 Å². The van der Waals surface area contributed by atoms with Crippen molar-refractivity contribution in [2.24, 2.45) is 0 Å². The predicted octanol–water partition coefficient (Wildman–Crippen LogP) is 4.25. The molecule has 0 atom stereocenters. The molecule has 1 heterocycles. The molecule has 5 heteroatoms. The lowest BCUT2D eigenvalue weighted by Crippen LogP contribution is -2.31. The van der Waals surface area contributed by atoms with E-state index in [1.54, 1.807) is 24.3 Å². The van der Waals surface area contributed by atoms with Crippen LogP contribution in [0.5, 0.6) is 0 Å². The monoisotopic (exact) mass is 359 g/mol. The Morgan fingerprint density at radius 1 is 0.963 bits per heavy atom. The molecule has 1 aromatic heterocycles. The van der Waals surface area contributed by atoms with Crippen molar-refractivity contribution in [1.29, 1.82) is 0 Å². The van der Waals surface area contributed by atoms with Crippen LogP contribution in [-0.2, 0) is 6.54 Å². The van der Waals surface area contributed by atoms with Gasteiger partial charge >= 0.3 is 0 Å². The Morgan fingerprint density at radius 3 is 2.41 bits per heavy atom. The van der Waals surface area contributed by atoms with Crippen LogP contribution in [0, 0.1) is 12.7 Å². The van der Waals surface area contributed by atoms with Gasteiger partial charge in [0.2, 0.25) is 0 Å². The van der Waals surface area contributed by atoms with Crippen molar-refractivity contribution in [2.75, 3.05) is 5.43 Å². The minimum absolute atomic E-state index is 0.188. The Bertz CT molecular complexity index is 1150. The third kappa shape index (κ3) is 3.44. The molecule has 0 spiro atoms. The van der Waals surface area contributed by atoms with Gasteiger partial charge in [-0.05, 0) is 48.9 Å². The Balaban J connectivity index is 1.82. The smallest absolute Gasteiger partial charge is 0.280 e. The van der Waals surface area contributed by atoms with Gasteiger partial charge in [0.25, 0.3) is 5.56 Å². The first-order chi connectivity index (χ1) is 13.1. The Morgan fingerprint density at radius 2 is 1.67 bits per heavy atom. The summed E-state index contributed by atoms with van der Waals surface area (Å²) in [6.07, 6.45) is 0. The molecule has 4 aromatic rings. The number of para-hydroxylation sites is 1. The van der Waals surface area contributed by atoms with Crippen LogP contribution >= 0.6 is 0 Å². The van der Waals surface area contributed by atoms with Crippen LogP contribution in [0.2, 0.25) is 0 Å². The lowest BCUT2D eigenvalue weighted by Gasteiger charge is -2.16. The summed E-state index contributed by atoms with van der Waals surface area (Å²) >= 11 is 0. The fourth-order valence-corrected chi connectivity index (χ4v) is 2.95. The van der Waals surface area contributed by atoms with Crippen LogP contribution < -0.4 is 11.0 Å². The number of nitrogens with zero attached hydrogens (tertiary/aromatic N) is 2. The van der Waals surface area contributed by atoms with Crippen LogP contribution in [0.4, 0.5) is 4.39 Å². The van der Waals surface area contributed by atoms with Crippen molar-refractivity contribution in [1.82, 2.24) is 9.66 Å². The number of benzene rings is 3. The first-order valence-electron chi connectivity index (χ1n) is 8.69. The highest BCUT2D eigenvalue weighted by molar-refractivity contribution is 5.79. The van der Waals surface area contributed by atoms with Gasteiger partial charge in [-0.25, -0.2) is 14.1 Å². The summed E-state index contributed by atoms with van der Waals surface area (Å²) < 4.78 is 14.8. The zero-order chi connectivity index (χ0) is 18.8. The van der Waals surface area contributed by atoms with Crippen LogP contribution in [0.25, 0.3) is 22.3 Å². The summed E-state index contributed by atoms with van der Waals surface area (Å²) in [4.78, 5) is 17.7. The highest BCUT2D eigenvalue weighted by Crippen LogP contribution is 2.19. The number of aryl methyl sites for hydroxylation is 1. The van der Waals surface area contributed by atoms with E-state index in [1.165, 1.54) is 22.4 Å². The fourth-order valence-electron chi connectivity index (χ4n) is 2.95. The Kier molecular flexibility index (Phi) is 4.42. The average Bonchev–Trinajstić information content (AvgIpc) is 2.69. The first kappa shape index (κ1) is 17.0. The quantitative estimate of drug-likeness (QED) is 0.592. The molecule has 0 radical (unpaired) electrons. The van der Waals surface area contributed by atoms with Gasteiger partial charge in [-0.1, -0.05) is 42.0 Å². The lowest BCUT2D eigenvalue weighted by molar-refractivity contribution is 0.628. The van der Waals surface area contributed by atoms with Crippen LogP contribution in [-0.4, -0.2) is 9.66 Å². The van der Waals surface area contributed by atoms with E-state index in [0.717, 1.165) is 5.56 Å². The molecule has 0 fully saturated rings. The molecular formula is C22H18FN3O. The normalized spacial score (nSPS) is 10.9. The molecular weight excluding hydrogens is 341 g/mol. The van der Waals surface area contributed by atoms with E-state index in [9.17, 15) is 9.18 Å². The molecule has 3 aromatic carbocycles. The fraction of sp³-hybridized carbons (Fsp3) is 0.0909. The molecule has 27 heavy (non-hydrogen) atoms. The molecule has 0 bridgehead atoms. The van der Waals surface area contributed by atoms with Crippen molar-refractivity contribution in [3.05, 3.63) is 100 Å². The van der Waals surface area contributed by atoms with E-state index in [1.807, 2.05) is 43.3 Å². The minimum atomic E-state index is -0.332. The number of rotatable bonds is 4. The predicted molar refractivity (Wildman–Crippen MR) is 106 cm³/mol.